The minimum atomic E-state index is -0.353. The largest absolute Gasteiger partial charge is 0.361 e. The molecule has 1 aliphatic rings. The van der Waals surface area contributed by atoms with Gasteiger partial charge in [0.25, 0.3) is 5.56 Å². The van der Waals surface area contributed by atoms with Crippen molar-refractivity contribution >= 4 is 16.5 Å². The molecular formula is C19H25N5OS. The van der Waals surface area contributed by atoms with Gasteiger partial charge in [-0.1, -0.05) is 6.42 Å². The molecule has 2 aromatic rings. The summed E-state index contributed by atoms with van der Waals surface area (Å²) in [4.78, 5) is 21.6. The Morgan fingerprint density at radius 1 is 1.50 bits per heavy atom. The van der Waals surface area contributed by atoms with Crippen molar-refractivity contribution in [3.8, 4) is 17.3 Å². The number of thiazole rings is 1. The Morgan fingerprint density at radius 2 is 2.35 bits per heavy atom. The topological polar surface area (TPSA) is 84.8 Å². The number of anilines is 1. The van der Waals surface area contributed by atoms with Gasteiger partial charge in [-0.25, -0.2) is 4.98 Å². The van der Waals surface area contributed by atoms with Crippen LogP contribution in [-0.4, -0.2) is 40.5 Å². The van der Waals surface area contributed by atoms with Crippen LogP contribution in [-0.2, 0) is 0 Å². The van der Waals surface area contributed by atoms with Gasteiger partial charge in [-0.05, 0) is 45.7 Å². The average molecular weight is 372 g/mol. The summed E-state index contributed by atoms with van der Waals surface area (Å²) in [6.45, 7) is 7.38. The molecule has 26 heavy (non-hydrogen) atoms. The molecule has 0 amide bonds. The van der Waals surface area contributed by atoms with Crippen LogP contribution in [0.4, 0.5) is 5.13 Å². The highest BCUT2D eigenvalue weighted by molar-refractivity contribution is 7.14. The summed E-state index contributed by atoms with van der Waals surface area (Å²) in [7, 11) is 0. The summed E-state index contributed by atoms with van der Waals surface area (Å²) in [6.07, 6.45) is 5.08. The van der Waals surface area contributed by atoms with Crippen LogP contribution in [0.1, 0.15) is 43.9 Å². The Labute approximate surface area is 157 Å². The summed E-state index contributed by atoms with van der Waals surface area (Å²) >= 11 is 1.55. The molecule has 0 spiro atoms. The van der Waals surface area contributed by atoms with Crippen molar-refractivity contribution < 1.29 is 0 Å². The molecule has 0 aromatic carbocycles. The van der Waals surface area contributed by atoms with E-state index in [1.54, 1.807) is 17.4 Å². The molecule has 7 heteroatoms. The molecule has 0 saturated carbocycles. The Hall–Kier alpha value is -2.17. The zero-order chi connectivity index (χ0) is 18.5. The number of hydrogen-bond donors (Lipinski definition) is 2. The first-order valence-corrected chi connectivity index (χ1v) is 10.0. The lowest BCUT2D eigenvalue weighted by molar-refractivity contribution is 0.160. The smallest absolute Gasteiger partial charge is 0.266 e. The van der Waals surface area contributed by atoms with Crippen molar-refractivity contribution in [2.75, 3.05) is 25.0 Å². The number of hydrogen-bond acceptors (Lipinski definition) is 6. The molecular weight excluding hydrogens is 346 g/mol. The van der Waals surface area contributed by atoms with Crippen LogP contribution in [0.2, 0.25) is 0 Å². The normalized spacial score (nSPS) is 17.8. The first-order chi connectivity index (χ1) is 12.6. The van der Waals surface area contributed by atoms with Crippen LogP contribution in [0.25, 0.3) is 11.3 Å². The molecule has 3 heterocycles. The Morgan fingerprint density at radius 3 is 3.12 bits per heavy atom. The number of aromatic amines is 1. The number of nitrogens with zero attached hydrogens (tertiary/aromatic N) is 3. The van der Waals surface area contributed by atoms with Crippen molar-refractivity contribution in [1.82, 2.24) is 14.9 Å². The Bertz CT molecular complexity index is 850. The summed E-state index contributed by atoms with van der Waals surface area (Å²) in [6, 6.07) is 4.25. The standard InChI is InChI=1S/C19H25N5OS/c1-13-6-3-4-8-24(13)9-5-7-21-19-23-17(12-26-19)16-10-15(11-20)18(25)22-14(16)2/h10,12-13H,3-9H2,1-2H3,(H,21,23)(H,22,25). The quantitative estimate of drug-likeness (QED) is 0.761. The molecule has 0 radical (unpaired) electrons. The zero-order valence-corrected chi connectivity index (χ0v) is 16.2. The average Bonchev–Trinajstić information content (AvgIpc) is 3.09. The zero-order valence-electron chi connectivity index (χ0n) is 15.3. The van der Waals surface area contributed by atoms with Gasteiger partial charge in [0, 0.05) is 35.8 Å². The predicted molar refractivity (Wildman–Crippen MR) is 106 cm³/mol. The molecule has 138 valence electrons. The summed E-state index contributed by atoms with van der Waals surface area (Å²) in [5.41, 5.74) is 2.07. The predicted octanol–water partition coefficient (Wildman–Crippen LogP) is 3.35. The number of aromatic nitrogens is 2. The third-order valence-corrected chi connectivity index (χ3v) is 5.78. The second-order valence-corrected chi connectivity index (χ2v) is 7.72. The molecule has 1 atom stereocenters. The van der Waals surface area contributed by atoms with Crippen LogP contribution >= 0.6 is 11.3 Å². The Balaban J connectivity index is 1.57. The van der Waals surface area contributed by atoms with Gasteiger partial charge >= 0.3 is 0 Å². The van der Waals surface area contributed by atoms with Crippen LogP contribution in [0, 0.1) is 18.3 Å². The number of pyridine rings is 1. The van der Waals surface area contributed by atoms with Crippen LogP contribution in [0.5, 0.6) is 0 Å². The van der Waals surface area contributed by atoms with Gasteiger partial charge in [-0.2, -0.15) is 5.26 Å². The first kappa shape index (κ1) is 18.6. The van der Waals surface area contributed by atoms with Gasteiger partial charge in [-0.3, -0.25) is 4.79 Å². The van der Waals surface area contributed by atoms with Crippen LogP contribution in [0.15, 0.2) is 16.2 Å². The maximum atomic E-state index is 11.7. The van der Waals surface area contributed by atoms with Crippen LogP contribution < -0.4 is 10.9 Å². The van der Waals surface area contributed by atoms with E-state index in [1.165, 1.54) is 25.8 Å². The third-order valence-electron chi connectivity index (χ3n) is 4.98. The fraction of sp³-hybridized carbons (Fsp3) is 0.526. The van der Waals surface area contributed by atoms with E-state index >= 15 is 0 Å². The van der Waals surface area contributed by atoms with E-state index in [1.807, 2.05) is 18.4 Å². The molecule has 0 bridgehead atoms. The monoisotopic (exact) mass is 371 g/mol. The Kier molecular flexibility index (Phi) is 6.07. The van der Waals surface area contributed by atoms with Crippen molar-refractivity contribution in [3.05, 3.63) is 33.1 Å². The van der Waals surface area contributed by atoms with E-state index in [-0.39, 0.29) is 11.1 Å². The van der Waals surface area contributed by atoms with Gasteiger partial charge in [-0.15, -0.1) is 11.3 Å². The number of likely N-dealkylation sites (tertiary alicyclic amines) is 1. The SMILES string of the molecule is Cc1[nH]c(=O)c(C#N)cc1-c1csc(NCCCN2CCCCC2C)n1. The number of H-pyrrole nitrogens is 1. The minimum Gasteiger partial charge on any atom is -0.361 e. The first-order valence-electron chi connectivity index (χ1n) is 9.16. The highest BCUT2D eigenvalue weighted by Gasteiger charge is 2.17. The van der Waals surface area contributed by atoms with Crippen molar-refractivity contribution in [1.29, 1.82) is 5.26 Å². The fourth-order valence-corrected chi connectivity index (χ4v) is 4.16. The van der Waals surface area contributed by atoms with E-state index < -0.39 is 0 Å². The lowest BCUT2D eigenvalue weighted by Crippen LogP contribution is -2.38. The van der Waals surface area contributed by atoms with Gasteiger partial charge in [0.1, 0.15) is 11.6 Å². The summed E-state index contributed by atoms with van der Waals surface area (Å²) in [5, 5.41) is 15.3. The molecule has 0 aliphatic carbocycles. The maximum absolute atomic E-state index is 11.7. The molecule has 1 unspecified atom stereocenters. The third kappa shape index (κ3) is 4.32. The maximum Gasteiger partial charge on any atom is 0.266 e. The fourth-order valence-electron chi connectivity index (χ4n) is 3.42. The second-order valence-electron chi connectivity index (χ2n) is 6.86. The molecule has 6 nitrogen and oxygen atoms in total. The number of rotatable bonds is 6. The van der Waals surface area contributed by atoms with E-state index in [2.05, 4.69) is 27.1 Å². The number of aryl methyl sites for hydroxylation is 1. The highest BCUT2D eigenvalue weighted by atomic mass is 32.1. The van der Waals surface area contributed by atoms with Gasteiger partial charge in [0.05, 0.1) is 5.69 Å². The molecule has 1 saturated heterocycles. The highest BCUT2D eigenvalue weighted by Crippen LogP contribution is 2.26. The number of piperidine rings is 1. The van der Waals surface area contributed by atoms with E-state index in [0.717, 1.165) is 41.6 Å². The lowest BCUT2D eigenvalue weighted by atomic mass is 10.0. The van der Waals surface area contributed by atoms with Crippen molar-refractivity contribution in [2.24, 2.45) is 0 Å². The molecule has 1 fully saturated rings. The van der Waals surface area contributed by atoms with E-state index in [4.69, 9.17) is 5.26 Å². The molecule has 3 rings (SSSR count). The number of nitriles is 1. The summed E-state index contributed by atoms with van der Waals surface area (Å²) < 4.78 is 0. The van der Waals surface area contributed by atoms with Gasteiger partial charge in [0.15, 0.2) is 5.13 Å². The second kappa shape index (κ2) is 8.47. The molecule has 2 N–H and O–H groups in total. The van der Waals surface area contributed by atoms with Gasteiger partial charge < -0.3 is 15.2 Å². The van der Waals surface area contributed by atoms with E-state index in [0.29, 0.717) is 6.04 Å². The number of nitrogens with one attached hydrogen (secondary N) is 2. The van der Waals surface area contributed by atoms with Crippen molar-refractivity contribution in [2.45, 2.75) is 45.6 Å². The lowest BCUT2D eigenvalue weighted by Gasteiger charge is -2.33. The molecule has 2 aromatic heterocycles. The van der Waals surface area contributed by atoms with Crippen LogP contribution in [0.3, 0.4) is 0 Å². The van der Waals surface area contributed by atoms with Gasteiger partial charge in [0.2, 0.25) is 0 Å². The van der Waals surface area contributed by atoms with Crippen molar-refractivity contribution in [3.63, 3.8) is 0 Å². The summed E-state index contributed by atoms with van der Waals surface area (Å²) in [5.74, 6) is 0. The van der Waals surface area contributed by atoms with E-state index in [9.17, 15) is 4.79 Å². The minimum absolute atomic E-state index is 0.115. The molecule has 1 aliphatic heterocycles.